The maximum atomic E-state index is 12.7. The van der Waals surface area contributed by atoms with Gasteiger partial charge in [-0.3, -0.25) is 9.59 Å². The summed E-state index contributed by atoms with van der Waals surface area (Å²) in [7, 11) is 4.51. The van der Waals surface area contributed by atoms with E-state index < -0.39 is 0 Å². The number of hydrogen-bond donors (Lipinski definition) is 1. The quantitative estimate of drug-likeness (QED) is 0.487. The van der Waals surface area contributed by atoms with Crippen LogP contribution in [0.2, 0.25) is 0 Å². The van der Waals surface area contributed by atoms with E-state index in [1.165, 1.54) is 32.0 Å². The second-order valence-electron chi connectivity index (χ2n) is 6.49. The number of amides is 1. The van der Waals surface area contributed by atoms with Crippen LogP contribution in [0.1, 0.15) is 11.4 Å². The number of nitrogens with zero attached hydrogens (tertiary/aromatic N) is 2. The van der Waals surface area contributed by atoms with E-state index >= 15 is 0 Å². The van der Waals surface area contributed by atoms with Gasteiger partial charge in [-0.1, -0.05) is 11.8 Å². The molecule has 2 heterocycles. The Kier molecular flexibility index (Phi) is 7.59. The van der Waals surface area contributed by atoms with Gasteiger partial charge in [0.25, 0.3) is 0 Å². The van der Waals surface area contributed by atoms with E-state index in [1.807, 2.05) is 12.3 Å². The van der Waals surface area contributed by atoms with Crippen molar-refractivity contribution in [2.75, 3.05) is 26.6 Å². The number of benzene rings is 1. The van der Waals surface area contributed by atoms with Crippen molar-refractivity contribution in [1.29, 1.82) is 0 Å². The molecule has 0 aliphatic heterocycles. The Hall–Kier alpha value is -2.98. The number of nitrogens with one attached hydrogen (secondary N) is 1. The average Bonchev–Trinajstić information content (AvgIpc) is 3.18. The molecule has 0 atom stereocenters. The number of thiazole rings is 1. The van der Waals surface area contributed by atoms with Crippen LogP contribution >= 0.6 is 23.1 Å². The molecule has 8 nitrogen and oxygen atoms in total. The number of methoxy groups -OCH3 is 3. The highest BCUT2D eigenvalue weighted by Gasteiger charge is 2.13. The molecule has 0 bridgehead atoms. The van der Waals surface area contributed by atoms with E-state index in [0.29, 0.717) is 28.6 Å². The number of thioether (sulfide) groups is 1. The fraction of sp³-hybridized carbons (Fsp3) is 0.286. The summed E-state index contributed by atoms with van der Waals surface area (Å²) in [6.45, 7) is 1.94. The third kappa shape index (κ3) is 5.80. The third-order valence-corrected chi connectivity index (χ3v) is 6.50. The fourth-order valence-electron chi connectivity index (χ4n) is 2.82. The molecular formula is C21H23N3O5S2. The zero-order valence-electron chi connectivity index (χ0n) is 17.6. The monoisotopic (exact) mass is 461 g/mol. The summed E-state index contributed by atoms with van der Waals surface area (Å²) < 4.78 is 18.3. The first kappa shape index (κ1) is 22.7. The lowest BCUT2D eigenvalue weighted by molar-refractivity contribution is -0.116. The van der Waals surface area contributed by atoms with Crippen molar-refractivity contribution < 1.29 is 19.0 Å². The molecule has 0 spiro atoms. The topological polar surface area (TPSA) is 91.7 Å². The fourth-order valence-corrected chi connectivity index (χ4v) is 4.67. The maximum absolute atomic E-state index is 12.7. The number of carbonyl (C=O) groups is 1. The van der Waals surface area contributed by atoms with E-state index in [9.17, 15) is 9.59 Å². The molecule has 1 N–H and O–H groups in total. The van der Waals surface area contributed by atoms with E-state index in [-0.39, 0.29) is 23.6 Å². The molecular weight excluding hydrogens is 438 g/mol. The highest BCUT2D eigenvalue weighted by molar-refractivity contribution is 8.00. The van der Waals surface area contributed by atoms with Gasteiger partial charge in [0, 0.05) is 40.3 Å². The minimum absolute atomic E-state index is 0.0117. The number of anilines is 1. The minimum Gasteiger partial charge on any atom is -0.493 e. The van der Waals surface area contributed by atoms with E-state index in [4.69, 9.17) is 14.2 Å². The zero-order valence-corrected chi connectivity index (χ0v) is 19.3. The highest BCUT2D eigenvalue weighted by Crippen LogP contribution is 2.30. The normalized spacial score (nSPS) is 10.6. The van der Waals surface area contributed by atoms with E-state index in [0.717, 1.165) is 10.0 Å². The zero-order chi connectivity index (χ0) is 22.4. The van der Waals surface area contributed by atoms with Gasteiger partial charge in [-0.05, 0) is 19.1 Å². The van der Waals surface area contributed by atoms with Crippen LogP contribution in [0.4, 0.5) is 5.69 Å². The number of aromatic nitrogens is 2. The number of rotatable bonds is 9. The van der Waals surface area contributed by atoms with Crippen molar-refractivity contribution in [2.45, 2.75) is 23.6 Å². The summed E-state index contributed by atoms with van der Waals surface area (Å²) >= 11 is 3.06. The highest BCUT2D eigenvalue weighted by atomic mass is 32.2. The molecule has 3 rings (SSSR count). The van der Waals surface area contributed by atoms with Gasteiger partial charge in [0.1, 0.15) is 10.9 Å². The van der Waals surface area contributed by atoms with Crippen LogP contribution in [0.25, 0.3) is 0 Å². The first-order valence-corrected chi connectivity index (χ1v) is 11.1. The van der Waals surface area contributed by atoms with Crippen LogP contribution < -0.4 is 25.0 Å². The van der Waals surface area contributed by atoms with Crippen LogP contribution in [-0.4, -0.2) is 36.8 Å². The molecule has 164 valence electrons. The minimum atomic E-state index is -0.255. The molecule has 1 amide bonds. The first-order chi connectivity index (χ1) is 14.9. The number of hydrogen-bond acceptors (Lipinski definition) is 8. The summed E-state index contributed by atoms with van der Waals surface area (Å²) in [4.78, 5) is 29.4. The number of aryl methyl sites for hydroxylation is 1. The van der Waals surface area contributed by atoms with Crippen molar-refractivity contribution in [2.24, 2.45) is 0 Å². The van der Waals surface area contributed by atoms with Gasteiger partial charge in [-0.15, -0.1) is 11.3 Å². The van der Waals surface area contributed by atoms with E-state index in [1.54, 1.807) is 47.4 Å². The molecule has 0 saturated heterocycles. The van der Waals surface area contributed by atoms with E-state index in [2.05, 4.69) is 10.3 Å². The van der Waals surface area contributed by atoms with Gasteiger partial charge in [0.05, 0.1) is 27.5 Å². The lowest BCUT2D eigenvalue weighted by Crippen LogP contribution is -2.22. The van der Waals surface area contributed by atoms with Crippen molar-refractivity contribution in [1.82, 2.24) is 9.55 Å². The van der Waals surface area contributed by atoms with Crippen molar-refractivity contribution in [3.63, 3.8) is 0 Å². The standard InChI is InChI=1S/C21H23N3O5S2/c1-13-11-30-21(22-13)31-12-15-8-16(25)19(29-4)9-24(15)10-20(26)23-14-5-6-17(27-2)18(7-14)28-3/h5-9,11H,10,12H2,1-4H3,(H,23,26). The molecule has 0 aliphatic rings. The first-order valence-electron chi connectivity index (χ1n) is 9.27. The van der Waals surface area contributed by atoms with Crippen LogP contribution in [0.15, 0.2) is 45.0 Å². The lowest BCUT2D eigenvalue weighted by Gasteiger charge is -2.15. The summed E-state index contributed by atoms with van der Waals surface area (Å²) in [5.74, 6) is 1.51. The largest absolute Gasteiger partial charge is 0.493 e. The average molecular weight is 462 g/mol. The predicted octanol–water partition coefficient (Wildman–Crippen LogP) is 3.57. The van der Waals surface area contributed by atoms with Gasteiger partial charge in [0.15, 0.2) is 17.2 Å². The molecule has 0 aliphatic carbocycles. The van der Waals surface area contributed by atoms with Gasteiger partial charge >= 0.3 is 0 Å². The molecule has 2 aromatic heterocycles. The smallest absolute Gasteiger partial charge is 0.244 e. The van der Waals surface area contributed by atoms with Crippen molar-refractivity contribution in [3.05, 3.63) is 57.5 Å². The molecule has 1 aromatic carbocycles. The van der Waals surface area contributed by atoms with Crippen LogP contribution in [0.3, 0.4) is 0 Å². The van der Waals surface area contributed by atoms with Gasteiger partial charge in [-0.25, -0.2) is 4.98 Å². The maximum Gasteiger partial charge on any atom is 0.244 e. The molecule has 0 fully saturated rings. The molecule has 0 unspecified atom stereocenters. The molecule has 3 aromatic rings. The Labute approximate surface area is 188 Å². The summed E-state index contributed by atoms with van der Waals surface area (Å²) in [6.07, 6.45) is 1.56. The Morgan fingerprint density at radius 1 is 1.13 bits per heavy atom. The van der Waals surface area contributed by atoms with Gasteiger partial charge in [-0.2, -0.15) is 0 Å². The summed E-state index contributed by atoms with van der Waals surface area (Å²) in [5, 5.41) is 4.81. The molecule has 10 heteroatoms. The Balaban J connectivity index is 1.78. The third-order valence-electron chi connectivity index (χ3n) is 4.33. The molecule has 0 radical (unpaired) electrons. The Morgan fingerprint density at radius 2 is 1.87 bits per heavy atom. The summed E-state index contributed by atoms with van der Waals surface area (Å²) in [6, 6.07) is 6.63. The Morgan fingerprint density at radius 3 is 2.52 bits per heavy atom. The molecule has 31 heavy (non-hydrogen) atoms. The number of ether oxygens (including phenoxy) is 3. The summed E-state index contributed by atoms with van der Waals surface area (Å²) in [5.41, 5.74) is 2.00. The molecule has 0 saturated carbocycles. The SMILES string of the molecule is COc1ccc(NC(=O)Cn2cc(OC)c(=O)cc2CSc2nc(C)cs2)cc1OC. The Bertz CT molecular complexity index is 1130. The second-order valence-corrected chi connectivity index (χ2v) is 8.57. The number of carbonyl (C=O) groups excluding carboxylic acids is 1. The van der Waals surface area contributed by atoms with Crippen molar-refractivity contribution in [3.8, 4) is 17.2 Å². The van der Waals surface area contributed by atoms with Crippen LogP contribution in [0.5, 0.6) is 17.2 Å². The van der Waals surface area contributed by atoms with Crippen molar-refractivity contribution >= 4 is 34.7 Å². The van der Waals surface area contributed by atoms with Gasteiger partial charge < -0.3 is 24.1 Å². The second kappa shape index (κ2) is 10.4. The lowest BCUT2D eigenvalue weighted by atomic mass is 10.2. The van der Waals surface area contributed by atoms with Gasteiger partial charge in [0.2, 0.25) is 11.3 Å². The van der Waals surface area contributed by atoms with Crippen LogP contribution in [0, 0.1) is 6.92 Å². The van der Waals surface area contributed by atoms with Crippen LogP contribution in [-0.2, 0) is 17.1 Å². The number of pyridine rings is 1. The predicted molar refractivity (Wildman–Crippen MR) is 122 cm³/mol.